The number of nitrogens with zero attached hydrogens (tertiary/aromatic N) is 1. The van der Waals surface area contributed by atoms with Crippen LogP contribution in [-0.4, -0.2) is 24.5 Å². The number of amides is 1. The minimum Gasteiger partial charge on any atom is -0.490 e. The van der Waals surface area contributed by atoms with Gasteiger partial charge in [-0.15, -0.1) is 0 Å². The van der Waals surface area contributed by atoms with Gasteiger partial charge in [0.05, 0.1) is 12.0 Å². The second-order valence-electron chi connectivity index (χ2n) is 3.99. The van der Waals surface area contributed by atoms with E-state index in [1.165, 1.54) is 13.2 Å². The smallest absolute Gasteiger partial charge is 0.311 e. The van der Waals surface area contributed by atoms with Gasteiger partial charge in [-0.2, -0.15) is 0 Å². The summed E-state index contributed by atoms with van der Waals surface area (Å²) in [7, 11) is 1.39. The van der Waals surface area contributed by atoms with Crippen molar-refractivity contribution in [3.05, 3.63) is 28.3 Å². The minimum absolute atomic E-state index is 0.0678. The zero-order valence-corrected chi connectivity index (χ0v) is 10.7. The van der Waals surface area contributed by atoms with Crippen LogP contribution in [0.25, 0.3) is 0 Å². The highest BCUT2D eigenvalue weighted by Crippen LogP contribution is 2.29. The van der Waals surface area contributed by atoms with Gasteiger partial charge >= 0.3 is 5.69 Å². The summed E-state index contributed by atoms with van der Waals surface area (Å²) in [6.45, 7) is 0.661. The van der Waals surface area contributed by atoms with Crippen molar-refractivity contribution >= 4 is 17.3 Å². The highest BCUT2D eigenvalue weighted by molar-refractivity contribution is 5.73. The second-order valence-corrected chi connectivity index (χ2v) is 3.99. The van der Waals surface area contributed by atoms with Gasteiger partial charge in [-0.25, -0.2) is 0 Å². The van der Waals surface area contributed by atoms with Crippen LogP contribution in [0.3, 0.4) is 0 Å². The van der Waals surface area contributed by atoms with Gasteiger partial charge < -0.3 is 15.8 Å². The van der Waals surface area contributed by atoms with Crippen molar-refractivity contribution in [2.24, 2.45) is 5.73 Å². The number of benzene rings is 1. The third-order valence-corrected chi connectivity index (χ3v) is 2.56. The Hall–Kier alpha value is -2.31. The lowest BCUT2D eigenvalue weighted by Gasteiger charge is -2.08. The molecule has 3 N–H and O–H groups in total. The van der Waals surface area contributed by atoms with E-state index in [0.717, 1.165) is 12.1 Å². The number of hydrogen-bond donors (Lipinski definition) is 2. The van der Waals surface area contributed by atoms with Crippen LogP contribution in [0.15, 0.2) is 18.2 Å². The number of nitro benzene ring substituents is 1. The molecule has 1 aromatic rings. The van der Waals surface area contributed by atoms with Crippen LogP contribution in [0.4, 0.5) is 11.4 Å². The summed E-state index contributed by atoms with van der Waals surface area (Å²) in [4.78, 5) is 20.8. The molecule has 1 amide bonds. The molecule has 0 aliphatic heterocycles. The number of rotatable bonds is 8. The van der Waals surface area contributed by atoms with Gasteiger partial charge in [0.2, 0.25) is 5.91 Å². The van der Waals surface area contributed by atoms with Gasteiger partial charge in [0.25, 0.3) is 0 Å². The molecule has 0 spiro atoms. The topological polar surface area (TPSA) is 107 Å². The second kappa shape index (κ2) is 7.20. The largest absolute Gasteiger partial charge is 0.490 e. The predicted octanol–water partition coefficient (Wildman–Crippen LogP) is 1.67. The Morgan fingerprint density at radius 3 is 2.79 bits per heavy atom. The first kappa shape index (κ1) is 14.7. The highest BCUT2D eigenvalue weighted by Gasteiger charge is 2.14. The predicted molar refractivity (Wildman–Crippen MR) is 71.2 cm³/mol. The molecule has 19 heavy (non-hydrogen) atoms. The fourth-order valence-corrected chi connectivity index (χ4v) is 1.60. The van der Waals surface area contributed by atoms with Crippen LogP contribution < -0.4 is 15.8 Å². The molecule has 0 bridgehead atoms. The van der Waals surface area contributed by atoms with Crippen LogP contribution in [0, 0.1) is 10.1 Å². The lowest BCUT2D eigenvalue weighted by molar-refractivity contribution is -0.385. The summed E-state index contributed by atoms with van der Waals surface area (Å²) < 4.78 is 4.96. The molecule has 0 saturated heterocycles. The molecule has 104 valence electrons. The third kappa shape index (κ3) is 4.82. The Bertz CT molecular complexity index is 462. The average molecular weight is 267 g/mol. The van der Waals surface area contributed by atoms with Crippen molar-refractivity contribution in [2.75, 3.05) is 19.0 Å². The summed E-state index contributed by atoms with van der Waals surface area (Å²) in [6, 6.07) is 4.59. The molecule has 0 aromatic heterocycles. The maximum Gasteiger partial charge on any atom is 0.311 e. The van der Waals surface area contributed by atoms with Gasteiger partial charge in [-0.05, 0) is 18.9 Å². The summed E-state index contributed by atoms with van der Waals surface area (Å²) in [5.74, 6) is -0.0934. The molecule has 7 nitrogen and oxygen atoms in total. The van der Waals surface area contributed by atoms with E-state index in [4.69, 9.17) is 10.5 Å². The van der Waals surface area contributed by atoms with Crippen LogP contribution >= 0.6 is 0 Å². The molecule has 0 heterocycles. The number of unbranched alkanes of at least 4 members (excludes halogenated alkanes) is 1. The van der Waals surface area contributed by atoms with E-state index in [0.29, 0.717) is 19.4 Å². The maximum absolute atomic E-state index is 10.7. The maximum atomic E-state index is 10.7. The monoisotopic (exact) mass is 267 g/mol. The van der Waals surface area contributed by atoms with Crippen molar-refractivity contribution in [3.63, 3.8) is 0 Å². The van der Waals surface area contributed by atoms with Crippen molar-refractivity contribution in [2.45, 2.75) is 19.3 Å². The van der Waals surface area contributed by atoms with E-state index in [1.54, 1.807) is 12.1 Å². The molecule has 1 rings (SSSR count). The fraction of sp³-hybridized carbons (Fsp3) is 0.417. The fourth-order valence-electron chi connectivity index (χ4n) is 1.60. The van der Waals surface area contributed by atoms with E-state index in [1.807, 2.05) is 0 Å². The molecule has 0 atom stereocenters. The number of hydrogen-bond acceptors (Lipinski definition) is 5. The number of nitrogens with one attached hydrogen (secondary N) is 1. The minimum atomic E-state index is -0.491. The van der Waals surface area contributed by atoms with Crippen LogP contribution in [0.1, 0.15) is 19.3 Å². The molecule has 0 aliphatic carbocycles. The normalized spacial score (nSPS) is 9.95. The summed E-state index contributed by atoms with van der Waals surface area (Å²) in [6.07, 6.45) is 1.87. The molecule has 0 radical (unpaired) electrons. The van der Waals surface area contributed by atoms with E-state index in [-0.39, 0.29) is 17.3 Å². The van der Waals surface area contributed by atoms with Crippen LogP contribution in [0.5, 0.6) is 5.75 Å². The Morgan fingerprint density at radius 1 is 1.47 bits per heavy atom. The third-order valence-electron chi connectivity index (χ3n) is 2.56. The van der Waals surface area contributed by atoms with Gasteiger partial charge in [0.1, 0.15) is 0 Å². The number of primary amides is 1. The zero-order chi connectivity index (χ0) is 14.3. The SMILES string of the molecule is COc1cc(NCCCCC(N)=O)ccc1[N+](=O)[O-]. The standard InChI is InChI=1S/C12H17N3O4/c1-19-11-8-9(5-6-10(11)15(17)18)14-7-3-2-4-12(13)16/h5-6,8,14H,2-4,7H2,1H3,(H2,13,16). The average Bonchev–Trinajstić information content (AvgIpc) is 2.37. The summed E-state index contributed by atoms with van der Waals surface area (Å²) in [5, 5.41) is 13.8. The van der Waals surface area contributed by atoms with Crippen molar-refractivity contribution < 1.29 is 14.5 Å². The lowest BCUT2D eigenvalue weighted by Crippen LogP contribution is -2.10. The van der Waals surface area contributed by atoms with E-state index in [9.17, 15) is 14.9 Å². The van der Waals surface area contributed by atoms with Crippen LogP contribution in [-0.2, 0) is 4.79 Å². The van der Waals surface area contributed by atoms with Gasteiger partial charge in [-0.3, -0.25) is 14.9 Å². The van der Waals surface area contributed by atoms with Crippen molar-refractivity contribution in [1.29, 1.82) is 0 Å². The van der Waals surface area contributed by atoms with E-state index >= 15 is 0 Å². The summed E-state index contributed by atoms with van der Waals surface area (Å²) >= 11 is 0. The highest BCUT2D eigenvalue weighted by atomic mass is 16.6. The molecule has 0 aliphatic rings. The zero-order valence-electron chi connectivity index (χ0n) is 10.7. The number of nitro groups is 1. The molecule has 1 aromatic carbocycles. The first-order valence-electron chi connectivity index (χ1n) is 5.89. The van der Waals surface area contributed by atoms with Crippen molar-refractivity contribution in [3.8, 4) is 5.75 Å². The number of carbonyl (C=O) groups excluding carboxylic acids is 1. The molecule has 7 heteroatoms. The van der Waals surface area contributed by atoms with Crippen molar-refractivity contribution in [1.82, 2.24) is 0 Å². The number of anilines is 1. The van der Waals surface area contributed by atoms with Crippen LogP contribution in [0.2, 0.25) is 0 Å². The molecular formula is C12H17N3O4. The first-order valence-corrected chi connectivity index (χ1v) is 5.89. The number of nitrogens with two attached hydrogens (primary N) is 1. The molecular weight excluding hydrogens is 250 g/mol. The lowest BCUT2D eigenvalue weighted by atomic mass is 10.2. The van der Waals surface area contributed by atoms with Gasteiger partial charge in [-0.1, -0.05) is 0 Å². The summed E-state index contributed by atoms with van der Waals surface area (Å²) in [5.41, 5.74) is 5.70. The Morgan fingerprint density at radius 2 is 2.21 bits per heavy atom. The Balaban J connectivity index is 2.51. The van der Waals surface area contributed by atoms with E-state index < -0.39 is 4.92 Å². The first-order chi connectivity index (χ1) is 9.04. The molecule has 0 fully saturated rings. The Kier molecular flexibility index (Phi) is 5.59. The van der Waals surface area contributed by atoms with Gasteiger partial charge in [0.15, 0.2) is 5.75 Å². The quantitative estimate of drug-likeness (QED) is 0.423. The number of carbonyl (C=O) groups is 1. The number of ether oxygens (including phenoxy) is 1. The molecule has 0 saturated carbocycles. The van der Waals surface area contributed by atoms with Gasteiger partial charge in [0, 0.05) is 30.8 Å². The van der Waals surface area contributed by atoms with E-state index in [2.05, 4.69) is 5.32 Å². The molecule has 0 unspecified atom stereocenters. The Labute approximate surface area is 110 Å². The number of methoxy groups -OCH3 is 1.